The molecule has 0 saturated carbocycles. The van der Waals surface area contributed by atoms with Gasteiger partial charge < -0.3 is 10.1 Å². The number of methoxy groups -OCH3 is 1. The van der Waals surface area contributed by atoms with E-state index in [9.17, 15) is 9.59 Å². The van der Waals surface area contributed by atoms with Crippen molar-refractivity contribution in [2.75, 3.05) is 18.2 Å². The number of thioether (sulfide) groups is 1. The molecule has 48 heavy (non-hydrogen) atoms. The number of carbonyl (C=O) groups excluding carboxylic acids is 2. The third-order valence-electron chi connectivity index (χ3n) is 7.45. The van der Waals surface area contributed by atoms with Crippen molar-refractivity contribution in [3.8, 4) is 28.4 Å². The summed E-state index contributed by atoms with van der Waals surface area (Å²) in [6.07, 6.45) is 5.05. The summed E-state index contributed by atoms with van der Waals surface area (Å²) in [5.41, 5.74) is 5.38. The van der Waals surface area contributed by atoms with E-state index in [1.165, 1.54) is 17.8 Å². The van der Waals surface area contributed by atoms with Crippen LogP contribution in [0.15, 0.2) is 127 Å². The fourth-order valence-corrected chi connectivity index (χ4v) is 5.92. The van der Waals surface area contributed by atoms with Crippen LogP contribution < -0.4 is 10.1 Å². The largest absolute Gasteiger partial charge is 0.497 e. The van der Waals surface area contributed by atoms with Crippen molar-refractivity contribution in [3.05, 3.63) is 138 Å². The molecule has 238 valence electrons. The van der Waals surface area contributed by atoms with Crippen LogP contribution in [0.4, 0.5) is 5.69 Å². The molecule has 8 nitrogen and oxygen atoms in total. The summed E-state index contributed by atoms with van der Waals surface area (Å²) >= 11 is 7.41. The maximum Gasteiger partial charge on any atom is 0.234 e. The molecule has 6 aromatic rings. The molecule has 10 heteroatoms. The van der Waals surface area contributed by atoms with E-state index in [4.69, 9.17) is 21.3 Å². The Balaban J connectivity index is 1.15. The number of ether oxygens (including phenoxy) is 1. The van der Waals surface area contributed by atoms with Crippen LogP contribution in [-0.2, 0) is 11.3 Å². The minimum absolute atomic E-state index is 0.105. The molecule has 6 rings (SSSR count). The van der Waals surface area contributed by atoms with Crippen LogP contribution in [-0.4, -0.2) is 44.3 Å². The van der Waals surface area contributed by atoms with E-state index in [2.05, 4.69) is 22.1 Å². The normalized spacial score (nSPS) is 11.1. The lowest BCUT2D eigenvalue weighted by molar-refractivity contribution is -0.113. The van der Waals surface area contributed by atoms with Crippen molar-refractivity contribution in [1.29, 1.82) is 0 Å². The van der Waals surface area contributed by atoms with Gasteiger partial charge in [0.05, 0.1) is 24.1 Å². The average molecular weight is 672 g/mol. The summed E-state index contributed by atoms with van der Waals surface area (Å²) in [6, 6.07) is 31.7. The molecule has 2 heterocycles. The highest BCUT2D eigenvalue weighted by Crippen LogP contribution is 2.33. The number of nitrogens with zero attached hydrogens (tertiary/aromatic N) is 4. The Hall–Kier alpha value is -5.51. The predicted octanol–water partition coefficient (Wildman–Crippen LogP) is 8.64. The number of para-hydroxylation sites is 1. The number of fused-ring (bicyclic) bond motifs is 1. The maximum absolute atomic E-state index is 12.9. The quantitative estimate of drug-likeness (QED) is 0.0602. The zero-order valence-corrected chi connectivity index (χ0v) is 27.5. The molecule has 0 unspecified atom stereocenters. The van der Waals surface area contributed by atoms with Crippen molar-refractivity contribution in [3.63, 3.8) is 0 Å². The lowest BCUT2D eigenvalue weighted by atomic mass is 10.0. The molecule has 0 spiro atoms. The molecule has 0 radical (unpaired) electrons. The summed E-state index contributed by atoms with van der Waals surface area (Å²) in [5.74, 6) is 1.15. The second-order valence-electron chi connectivity index (χ2n) is 10.7. The Morgan fingerprint density at radius 2 is 1.71 bits per heavy atom. The summed E-state index contributed by atoms with van der Waals surface area (Å²) in [5, 5.41) is 14.1. The van der Waals surface area contributed by atoms with Crippen LogP contribution in [0.2, 0.25) is 5.02 Å². The summed E-state index contributed by atoms with van der Waals surface area (Å²) < 4.78 is 7.11. The molecular weight excluding hydrogens is 642 g/mol. The molecule has 0 fully saturated rings. The summed E-state index contributed by atoms with van der Waals surface area (Å²) in [4.78, 5) is 30.5. The highest BCUT2D eigenvalue weighted by atomic mass is 35.5. The zero-order valence-electron chi connectivity index (χ0n) is 26.0. The number of anilines is 1. The van der Waals surface area contributed by atoms with Crippen LogP contribution in [0.5, 0.6) is 5.75 Å². The first-order valence-electron chi connectivity index (χ1n) is 15.0. The van der Waals surface area contributed by atoms with Crippen molar-refractivity contribution in [1.82, 2.24) is 19.7 Å². The van der Waals surface area contributed by atoms with Crippen molar-refractivity contribution >= 4 is 57.7 Å². The van der Waals surface area contributed by atoms with Crippen molar-refractivity contribution in [2.45, 2.75) is 11.7 Å². The van der Waals surface area contributed by atoms with Crippen LogP contribution in [0.3, 0.4) is 0 Å². The Bertz CT molecular complexity index is 2130. The molecular formula is C38H30ClN5O3S. The van der Waals surface area contributed by atoms with Crippen LogP contribution in [0.1, 0.15) is 15.9 Å². The van der Waals surface area contributed by atoms with Crippen molar-refractivity contribution < 1.29 is 14.3 Å². The second kappa shape index (κ2) is 14.9. The standard InChI is InChI=1S/C38H30ClN5O3S/c1-3-22-44-37(32-23-34(26-11-15-28(39)16-12-26)41-33-7-5-4-6-31(32)33)42-43-38(44)48-24-36(46)40-29-17-13-27(14-18-29)35(45)21-10-25-8-19-30(47-2)20-9-25/h3-21,23H,1,22,24H2,2H3,(H,40,46)/b21-10+. The van der Waals surface area contributed by atoms with E-state index >= 15 is 0 Å². The SMILES string of the molecule is C=CCn1c(SCC(=O)Nc2ccc(C(=O)/C=C/c3ccc(OC)cc3)cc2)nnc1-c1cc(-c2ccc(Cl)cc2)nc2ccccc12. The average Bonchev–Trinajstić information content (AvgIpc) is 3.52. The maximum atomic E-state index is 12.9. The summed E-state index contributed by atoms with van der Waals surface area (Å²) in [7, 11) is 1.61. The molecule has 4 aromatic carbocycles. The van der Waals surface area contributed by atoms with Gasteiger partial charge in [0.25, 0.3) is 0 Å². The third-order valence-corrected chi connectivity index (χ3v) is 8.67. The first-order valence-corrected chi connectivity index (χ1v) is 16.4. The number of carbonyl (C=O) groups is 2. The van der Waals surface area contributed by atoms with Gasteiger partial charge >= 0.3 is 0 Å². The van der Waals surface area contributed by atoms with Crippen LogP contribution in [0, 0.1) is 0 Å². The smallest absolute Gasteiger partial charge is 0.234 e. The number of halogens is 1. The molecule has 0 bridgehead atoms. The number of amides is 1. The minimum Gasteiger partial charge on any atom is -0.497 e. The molecule has 0 aliphatic heterocycles. The highest BCUT2D eigenvalue weighted by molar-refractivity contribution is 7.99. The molecule has 1 N–H and O–H groups in total. The van der Waals surface area contributed by atoms with Gasteiger partial charge in [0.2, 0.25) is 5.91 Å². The predicted molar refractivity (Wildman–Crippen MR) is 194 cm³/mol. The van der Waals surface area contributed by atoms with Crippen LogP contribution >= 0.6 is 23.4 Å². The van der Waals surface area contributed by atoms with Gasteiger partial charge in [-0.3, -0.25) is 14.2 Å². The van der Waals surface area contributed by atoms with E-state index in [-0.39, 0.29) is 17.4 Å². The number of pyridine rings is 1. The number of rotatable bonds is 12. The number of aromatic nitrogens is 4. The van der Waals surface area contributed by atoms with Gasteiger partial charge in [-0.05, 0) is 72.3 Å². The number of nitrogens with one attached hydrogen (secondary N) is 1. The van der Waals surface area contributed by atoms with Crippen LogP contribution in [0.25, 0.3) is 39.6 Å². The second-order valence-corrected chi connectivity index (χ2v) is 12.0. The molecule has 1 amide bonds. The molecule has 0 saturated heterocycles. The lowest BCUT2D eigenvalue weighted by Crippen LogP contribution is -2.14. The van der Waals surface area contributed by atoms with Gasteiger partial charge in [-0.1, -0.05) is 78.0 Å². The molecule has 0 atom stereocenters. The van der Waals surface area contributed by atoms with E-state index in [1.54, 1.807) is 43.5 Å². The van der Waals surface area contributed by atoms with Gasteiger partial charge in [0.15, 0.2) is 16.8 Å². The third kappa shape index (κ3) is 7.54. The van der Waals surface area contributed by atoms with E-state index in [0.717, 1.165) is 39.0 Å². The molecule has 0 aliphatic carbocycles. The van der Waals surface area contributed by atoms with Gasteiger partial charge in [-0.25, -0.2) is 4.98 Å². The van der Waals surface area contributed by atoms with E-state index in [0.29, 0.717) is 33.8 Å². The fraction of sp³-hybridized carbons (Fsp3) is 0.0789. The highest BCUT2D eigenvalue weighted by Gasteiger charge is 2.19. The monoisotopic (exact) mass is 671 g/mol. The first-order chi connectivity index (χ1) is 23.4. The Morgan fingerprint density at radius 1 is 0.958 bits per heavy atom. The van der Waals surface area contributed by atoms with Gasteiger partial charge in [-0.15, -0.1) is 16.8 Å². The van der Waals surface area contributed by atoms with Crippen molar-refractivity contribution in [2.24, 2.45) is 0 Å². The minimum atomic E-state index is -0.215. The zero-order chi connectivity index (χ0) is 33.5. The Kier molecular flexibility index (Phi) is 10.1. The van der Waals surface area contributed by atoms with Gasteiger partial charge in [0, 0.05) is 39.3 Å². The van der Waals surface area contributed by atoms with E-state index < -0.39 is 0 Å². The number of ketones is 1. The number of hydrogen-bond donors (Lipinski definition) is 1. The lowest BCUT2D eigenvalue weighted by Gasteiger charge is -2.12. The topological polar surface area (TPSA) is 99.0 Å². The summed E-state index contributed by atoms with van der Waals surface area (Å²) in [6.45, 7) is 4.37. The van der Waals surface area contributed by atoms with Gasteiger partial charge in [0.1, 0.15) is 5.75 Å². The Labute approximate surface area is 287 Å². The molecule has 2 aromatic heterocycles. The Morgan fingerprint density at radius 3 is 2.44 bits per heavy atom. The number of hydrogen-bond acceptors (Lipinski definition) is 7. The van der Waals surface area contributed by atoms with Gasteiger partial charge in [-0.2, -0.15) is 0 Å². The molecule has 0 aliphatic rings. The number of benzene rings is 4. The number of allylic oxidation sites excluding steroid dienone is 2. The first kappa shape index (κ1) is 32.4. The van der Waals surface area contributed by atoms with E-state index in [1.807, 2.05) is 83.4 Å². The fourth-order valence-electron chi connectivity index (χ4n) is 5.05.